The number of halogens is 1. The van der Waals surface area contributed by atoms with Crippen LogP contribution < -0.4 is 5.32 Å². The van der Waals surface area contributed by atoms with Gasteiger partial charge in [0.05, 0.1) is 6.10 Å². The van der Waals surface area contributed by atoms with Crippen LogP contribution in [0.3, 0.4) is 0 Å². The van der Waals surface area contributed by atoms with Crippen LogP contribution >= 0.6 is 0 Å². The van der Waals surface area contributed by atoms with Crippen LogP contribution in [0.15, 0.2) is 0 Å². The van der Waals surface area contributed by atoms with Gasteiger partial charge in [0.2, 0.25) is 0 Å². The Balaban J connectivity index is 2.25. The van der Waals surface area contributed by atoms with E-state index in [1.807, 2.05) is 6.92 Å². The second kappa shape index (κ2) is 3.88. The third-order valence-electron chi connectivity index (χ3n) is 1.73. The number of hydrogen-bond donors (Lipinski definition) is 1. The summed E-state index contributed by atoms with van der Waals surface area (Å²) in [5.41, 5.74) is 0. The third kappa shape index (κ3) is 1.92. The molecule has 1 saturated heterocycles. The Labute approximate surface area is 60.8 Å². The van der Waals surface area contributed by atoms with Crippen molar-refractivity contribution < 1.29 is 9.13 Å². The van der Waals surface area contributed by atoms with E-state index in [9.17, 15) is 4.39 Å². The zero-order valence-corrected chi connectivity index (χ0v) is 6.27. The quantitative estimate of drug-likeness (QED) is 0.621. The van der Waals surface area contributed by atoms with Crippen molar-refractivity contribution in [2.45, 2.75) is 25.6 Å². The van der Waals surface area contributed by atoms with Gasteiger partial charge in [-0.3, -0.25) is 0 Å². The van der Waals surface area contributed by atoms with Gasteiger partial charge in [0.1, 0.15) is 6.17 Å². The van der Waals surface area contributed by atoms with E-state index >= 15 is 0 Å². The highest BCUT2D eigenvalue weighted by molar-refractivity contribution is 4.77. The van der Waals surface area contributed by atoms with E-state index in [2.05, 4.69) is 5.32 Å². The fraction of sp³-hybridized carbons (Fsp3) is 1.00. The van der Waals surface area contributed by atoms with Gasteiger partial charge >= 0.3 is 0 Å². The molecule has 0 aromatic carbocycles. The smallest absolute Gasteiger partial charge is 0.139 e. The molecule has 2 atom stereocenters. The molecular formula is C7H14FNO. The first-order chi connectivity index (χ1) is 4.84. The van der Waals surface area contributed by atoms with E-state index < -0.39 is 6.17 Å². The molecule has 60 valence electrons. The maximum atomic E-state index is 12.8. The lowest BCUT2D eigenvalue weighted by molar-refractivity contribution is -0.0119. The molecule has 1 rings (SSSR count). The summed E-state index contributed by atoms with van der Waals surface area (Å²) in [7, 11) is 0. The Bertz CT molecular complexity index is 97.6. The summed E-state index contributed by atoms with van der Waals surface area (Å²) in [6.07, 6.45) is -0.172. The van der Waals surface area contributed by atoms with Crippen molar-refractivity contribution in [3.8, 4) is 0 Å². The van der Waals surface area contributed by atoms with E-state index in [0.29, 0.717) is 13.2 Å². The van der Waals surface area contributed by atoms with Gasteiger partial charge in [-0.2, -0.15) is 0 Å². The minimum absolute atomic E-state index is 0.161. The summed E-state index contributed by atoms with van der Waals surface area (Å²) in [4.78, 5) is 0. The van der Waals surface area contributed by atoms with Gasteiger partial charge in [0.25, 0.3) is 0 Å². The number of nitrogens with one attached hydrogen (secondary N) is 1. The van der Waals surface area contributed by atoms with E-state index in [0.717, 1.165) is 13.0 Å². The number of hydrogen-bond acceptors (Lipinski definition) is 2. The topological polar surface area (TPSA) is 21.3 Å². The first-order valence-electron chi connectivity index (χ1n) is 3.81. The fourth-order valence-corrected chi connectivity index (χ4v) is 1.20. The number of piperidine rings is 1. The van der Waals surface area contributed by atoms with Crippen molar-refractivity contribution in [3.05, 3.63) is 0 Å². The molecule has 0 aromatic rings. The minimum atomic E-state index is -0.811. The lowest BCUT2D eigenvalue weighted by Crippen LogP contribution is -2.42. The lowest BCUT2D eigenvalue weighted by Gasteiger charge is -2.26. The highest BCUT2D eigenvalue weighted by Crippen LogP contribution is 2.10. The van der Waals surface area contributed by atoms with Crippen LogP contribution in [0.5, 0.6) is 0 Å². The van der Waals surface area contributed by atoms with Gasteiger partial charge in [-0.05, 0) is 19.9 Å². The van der Waals surface area contributed by atoms with Crippen LogP contribution in [0.2, 0.25) is 0 Å². The number of ether oxygens (including phenoxy) is 1. The monoisotopic (exact) mass is 147 g/mol. The fourth-order valence-electron chi connectivity index (χ4n) is 1.20. The summed E-state index contributed by atoms with van der Waals surface area (Å²) in [6, 6.07) is 0. The second-order valence-corrected chi connectivity index (χ2v) is 2.50. The first kappa shape index (κ1) is 7.95. The average molecular weight is 147 g/mol. The summed E-state index contributed by atoms with van der Waals surface area (Å²) in [5, 5.41) is 2.97. The molecule has 0 radical (unpaired) electrons. The molecule has 1 aliphatic heterocycles. The van der Waals surface area contributed by atoms with Crippen molar-refractivity contribution in [1.29, 1.82) is 0 Å². The molecule has 10 heavy (non-hydrogen) atoms. The van der Waals surface area contributed by atoms with Crippen molar-refractivity contribution >= 4 is 0 Å². The molecule has 3 heteroatoms. The molecule has 1 N–H and O–H groups in total. The Morgan fingerprint density at radius 3 is 3.10 bits per heavy atom. The van der Waals surface area contributed by atoms with Crippen LogP contribution in [0.25, 0.3) is 0 Å². The van der Waals surface area contributed by atoms with Crippen molar-refractivity contribution in [2.24, 2.45) is 0 Å². The summed E-state index contributed by atoms with van der Waals surface area (Å²) in [6.45, 7) is 3.84. The molecule has 1 heterocycles. The Hall–Kier alpha value is -0.150. The van der Waals surface area contributed by atoms with Crippen LogP contribution in [0.4, 0.5) is 4.39 Å². The molecule has 0 spiro atoms. The van der Waals surface area contributed by atoms with Crippen molar-refractivity contribution in [1.82, 2.24) is 5.32 Å². The molecule has 1 fully saturated rings. The molecule has 0 amide bonds. The third-order valence-corrected chi connectivity index (χ3v) is 1.73. The molecule has 0 saturated carbocycles. The largest absolute Gasteiger partial charge is 0.375 e. The molecule has 0 aromatic heterocycles. The number of rotatable bonds is 2. The van der Waals surface area contributed by atoms with Crippen LogP contribution in [0, 0.1) is 0 Å². The van der Waals surface area contributed by atoms with Crippen molar-refractivity contribution in [2.75, 3.05) is 19.7 Å². The molecule has 1 aliphatic rings. The molecule has 0 aliphatic carbocycles. The highest BCUT2D eigenvalue weighted by Gasteiger charge is 2.24. The van der Waals surface area contributed by atoms with E-state index in [-0.39, 0.29) is 6.10 Å². The van der Waals surface area contributed by atoms with Gasteiger partial charge in [0, 0.05) is 13.2 Å². The molecule has 0 bridgehead atoms. The maximum absolute atomic E-state index is 12.8. The predicted molar refractivity (Wildman–Crippen MR) is 37.8 cm³/mol. The summed E-state index contributed by atoms with van der Waals surface area (Å²) < 4.78 is 18.0. The molecule has 0 unspecified atom stereocenters. The SMILES string of the molecule is CCO[C@@H]1CCNC[C@@H]1F. The van der Waals surface area contributed by atoms with Gasteiger partial charge in [-0.25, -0.2) is 4.39 Å². The predicted octanol–water partition coefficient (Wildman–Crippen LogP) is 0.723. The highest BCUT2D eigenvalue weighted by atomic mass is 19.1. The minimum Gasteiger partial charge on any atom is -0.375 e. The standard InChI is InChI=1S/C7H14FNO/c1-2-10-7-3-4-9-5-6(7)8/h6-7,9H,2-5H2,1H3/t6-,7+/m0/s1. The first-order valence-corrected chi connectivity index (χ1v) is 3.81. The van der Waals surface area contributed by atoms with Crippen LogP contribution in [-0.2, 0) is 4.74 Å². The van der Waals surface area contributed by atoms with Crippen molar-refractivity contribution in [3.63, 3.8) is 0 Å². The van der Waals surface area contributed by atoms with Crippen LogP contribution in [-0.4, -0.2) is 32.0 Å². The van der Waals surface area contributed by atoms with E-state index in [1.54, 1.807) is 0 Å². The van der Waals surface area contributed by atoms with Gasteiger partial charge in [0.15, 0.2) is 0 Å². The Morgan fingerprint density at radius 1 is 1.70 bits per heavy atom. The Morgan fingerprint density at radius 2 is 2.50 bits per heavy atom. The van der Waals surface area contributed by atoms with E-state index in [4.69, 9.17) is 4.74 Å². The summed E-state index contributed by atoms with van der Waals surface area (Å²) >= 11 is 0. The van der Waals surface area contributed by atoms with Gasteiger partial charge < -0.3 is 10.1 Å². The van der Waals surface area contributed by atoms with Gasteiger partial charge in [-0.15, -0.1) is 0 Å². The molecular weight excluding hydrogens is 133 g/mol. The zero-order chi connectivity index (χ0) is 7.40. The normalized spacial score (nSPS) is 34.2. The van der Waals surface area contributed by atoms with Gasteiger partial charge in [-0.1, -0.05) is 0 Å². The second-order valence-electron chi connectivity index (χ2n) is 2.50. The zero-order valence-electron chi connectivity index (χ0n) is 6.27. The maximum Gasteiger partial charge on any atom is 0.139 e. The average Bonchev–Trinajstić information content (AvgIpc) is 1.94. The van der Waals surface area contributed by atoms with E-state index in [1.165, 1.54) is 0 Å². The lowest BCUT2D eigenvalue weighted by atomic mass is 10.1. The molecule has 2 nitrogen and oxygen atoms in total. The number of alkyl halides is 1. The Kier molecular flexibility index (Phi) is 3.09. The summed E-state index contributed by atoms with van der Waals surface area (Å²) in [5.74, 6) is 0. The van der Waals surface area contributed by atoms with Crippen LogP contribution in [0.1, 0.15) is 13.3 Å².